The highest BCUT2D eigenvalue weighted by Crippen LogP contribution is 2.27. The van der Waals surface area contributed by atoms with E-state index in [1.165, 1.54) is 17.0 Å². The van der Waals surface area contributed by atoms with Gasteiger partial charge in [-0.25, -0.2) is 9.37 Å². The number of aromatic nitrogens is 2. The van der Waals surface area contributed by atoms with Crippen LogP contribution in [-0.2, 0) is 11.3 Å². The number of anilines is 2. The molecule has 0 fully saturated rings. The number of pyridine rings is 2. The Morgan fingerprint density at radius 1 is 1.06 bits per heavy atom. The summed E-state index contributed by atoms with van der Waals surface area (Å²) < 4.78 is 14.8. The van der Waals surface area contributed by atoms with Crippen molar-refractivity contribution in [2.24, 2.45) is 5.84 Å². The average molecular weight is 488 g/mol. The molecule has 0 unspecified atom stereocenters. The Bertz CT molecular complexity index is 1420. The molecule has 2 aromatic carbocycles. The van der Waals surface area contributed by atoms with E-state index in [9.17, 15) is 14.0 Å². The lowest BCUT2D eigenvalue weighted by Gasteiger charge is -2.14. The predicted molar refractivity (Wildman–Crippen MR) is 138 cm³/mol. The van der Waals surface area contributed by atoms with Gasteiger partial charge < -0.3 is 21.0 Å². The van der Waals surface area contributed by atoms with Gasteiger partial charge in [-0.1, -0.05) is 18.2 Å². The van der Waals surface area contributed by atoms with E-state index < -0.39 is 11.7 Å². The highest BCUT2D eigenvalue weighted by molar-refractivity contribution is 5.97. The van der Waals surface area contributed by atoms with Crippen LogP contribution in [0.4, 0.5) is 15.9 Å². The molecule has 36 heavy (non-hydrogen) atoms. The number of benzene rings is 2. The van der Waals surface area contributed by atoms with Crippen LogP contribution in [0.3, 0.4) is 0 Å². The second-order valence-corrected chi connectivity index (χ2v) is 8.29. The molecule has 2 heterocycles. The zero-order valence-corrected chi connectivity index (χ0v) is 19.9. The fourth-order valence-electron chi connectivity index (χ4n) is 3.56. The summed E-state index contributed by atoms with van der Waals surface area (Å²) in [6, 6.07) is 17.5. The quantitative estimate of drug-likeness (QED) is 0.222. The molecule has 5 N–H and O–H groups in total. The molecule has 2 aromatic heterocycles. The molecule has 9 nitrogen and oxygen atoms in total. The summed E-state index contributed by atoms with van der Waals surface area (Å²) in [6.45, 7) is 0.264. The maximum absolute atomic E-state index is 14.8. The molecule has 0 aliphatic heterocycles. The van der Waals surface area contributed by atoms with Crippen LogP contribution in [0.15, 0.2) is 66.9 Å². The van der Waals surface area contributed by atoms with Crippen LogP contribution in [0.1, 0.15) is 15.9 Å². The van der Waals surface area contributed by atoms with Crippen LogP contribution < -0.4 is 21.9 Å². The van der Waals surface area contributed by atoms with E-state index in [2.05, 4.69) is 26.0 Å². The molecule has 0 saturated heterocycles. The van der Waals surface area contributed by atoms with Crippen LogP contribution in [0.25, 0.3) is 22.2 Å². The first-order valence-corrected chi connectivity index (χ1v) is 11.2. The average Bonchev–Trinajstić information content (AvgIpc) is 2.89. The number of halogens is 1. The lowest BCUT2D eigenvalue weighted by molar-refractivity contribution is -0.127. The number of nitrogens with two attached hydrogens (primary N) is 1. The number of hydrogen-bond donors (Lipinski definition) is 4. The third-order valence-corrected chi connectivity index (χ3v) is 5.59. The second-order valence-electron chi connectivity index (χ2n) is 8.29. The van der Waals surface area contributed by atoms with Gasteiger partial charge in [0.1, 0.15) is 5.82 Å². The molecule has 0 radical (unpaired) electrons. The van der Waals surface area contributed by atoms with Gasteiger partial charge in [0.05, 0.1) is 29.0 Å². The van der Waals surface area contributed by atoms with Gasteiger partial charge in [0.25, 0.3) is 5.91 Å². The van der Waals surface area contributed by atoms with E-state index in [4.69, 9.17) is 5.84 Å². The van der Waals surface area contributed by atoms with Crippen molar-refractivity contribution in [2.75, 3.05) is 31.4 Å². The monoisotopic (exact) mass is 487 g/mol. The summed E-state index contributed by atoms with van der Waals surface area (Å²) in [5.41, 5.74) is 5.94. The topological polar surface area (TPSA) is 125 Å². The molecule has 0 saturated carbocycles. The fourth-order valence-corrected chi connectivity index (χ4v) is 3.56. The van der Waals surface area contributed by atoms with Gasteiger partial charge in [-0.05, 0) is 48.0 Å². The second kappa shape index (κ2) is 10.8. The van der Waals surface area contributed by atoms with E-state index in [1.807, 2.05) is 30.3 Å². The van der Waals surface area contributed by atoms with Gasteiger partial charge in [0.2, 0.25) is 5.91 Å². The zero-order chi connectivity index (χ0) is 25.7. The zero-order valence-electron chi connectivity index (χ0n) is 19.9. The van der Waals surface area contributed by atoms with Crippen LogP contribution in [0.2, 0.25) is 0 Å². The lowest BCUT2D eigenvalue weighted by Crippen LogP contribution is -2.36. The maximum atomic E-state index is 14.8. The summed E-state index contributed by atoms with van der Waals surface area (Å²) in [4.78, 5) is 34.3. The van der Waals surface area contributed by atoms with E-state index in [1.54, 1.807) is 38.5 Å². The van der Waals surface area contributed by atoms with Gasteiger partial charge in [-0.2, -0.15) is 0 Å². The molecule has 4 rings (SSSR count). The van der Waals surface area contributed by atoms with Gasteiger partial charge in [-0.3, -0.25) is 20.4 Å². The SMILES string of the molecule is CN(C)C(=O)CNC(=O)c1ccc(-c2ccc(NN)c(NCc3ccc4ncccc4c3)n2)cc1F. The van der Waals surface area contributed by atoms with E-state index in [0.717, 1.165) is 16.5 Å². The molecular weight excluding hydrogens is 461 g/mol. The van der Waals surface area contributed by atoms with E-state index in [-0.39, 0.29) is 18.0 Å². The summed E-state index contributed by atoms with van der Waals surface area (Å²) in [5.74, 6) is 4.47. The minimum atomic E-state index is -0.718. The first-order valence-electron chi connectivity index (χ1n) is 11.2. The number of carbonyl (C=O) groups is 2. The molecule has 4 aromatic rings. The third-order valence-electron chi connectivity index (χ3n) is 5.59. The molecular formula is C26H26FN7O2. The number of amides is 2. The molecule has 0 aliphatic rings. The van der Waals surface area contributed by atoms with Gasteiger partial charge in [-0.15, -0.1) is 0 Å². The smallest absolute Gasteiger partial charge is 0.254 e. The molecule has 2 amide bonds. The van der Waals surface area contributed by atoms with Crippen molar-refractivity contribution in [3.63, 3.8) is 0 Å². The van der Waals surface area contributed by atoms with Crippen molar-refractivity contribution >= 4 is 34.2 Å². The lowest BCUT2D eigenvalue weighted by atomic mass is 10.1. The Labute approximate surface area is 207 Å². The maximum Gasteiger partial charge on any atom is 0.254 e. The van der Waals surface area contributed by atoms with Gasteiger partial charge in [0, 0.05) is 37.8 Å². The third kappa shape index (κ3) is 5.56. The fraction of sp³-hybridized carbons (Fsp3) is 0.154. The Kier molecular flexibility index (Phi) is 7.36. The summed E-state index contributed by atoms with van der Waals surface area (Å²) in [7, 11) is 3.15. The van der Waals surface area contributed by atoms with Crippen molar-refractivity contribution in [3.05, 3.63) is 83.8 Å². The number of hydrazine groups is 1. The number of likely N-dealkylation sites (N-methyl/N-ethyl adjacent to an activating group) is 1. The van der Waals surface area contributed by atoms with Crippen LogP contribution in [-0.4, -0.2) is 47.3 Å². The summed E-state index contributed by atoms with van der Waals surface area (Å²) >= 11 is 0. The number of nitrogen functional groups attached to an aromatic ring is 1. The molecule has 184 valence electrons. The molecule has 0 atom stereocenters. The molecule has 0 spiro atoms. The van der Waals surface area contributed by atoms with E-state index in [0.29, 0.717) is 29.3 Å². The minimum Gasteiger partial charge on any atom is -0.364 e. The van der Waals surface area contributed by atoms with Crippen molar-refractivity contribution in [1.29, 1.82) is 0 Å². The number of nitrogens with one attached hydrogen (secondary N) is 3. The largest absolute Gasteiger partial charge is 0.364 e. The highest BCUT2D eigenvalue weighted by atomic mass is 19.1. The highest BCUT2D eigenvalue weighted by Gasteiger charge is 2.15. The number of rotatable bonds is 8. The Morgan fingerprint density at radius 3 is 2.64 bits per heavy atom. The van der Waals surface area contributed by atoms with Gasteiger partial charge >= 0.3 is 0 Å². The molecule has 0 bridgehead atoms. The van der Waals surface area contributed by atoms with Crippen LogP contribution in [0, 0.1) is 5.82 Å². The number of carbonyl (C=O) groups excluding carboxylic acids is 2. The number of hydrogen-bond acceptors (Lipinski definition) is 7. The van der Waals surface area contributed by atoms with Crippen LogP contribution >= 0.6 is 0 Å². The van der Waals surface area contributed by atoms with Crippen molar-refractivity contribution < 1.29 is 14.0 Å². The summed E-state index contributed by atoms with van der Waals surface area (Å²) in [6.07, 6.45) is 1.75. The molecule has 10 heteroatoms. The van der Waals surface area contributed by atoms with Gasteiger partial charge in [0.15, 0.2) is 5.82 Å². The Balaban J connectivity index is 1.51. The molecule has 0 aliphatic carbocycles. The Morgan fingerprint density at radius 2 is 1.89 bits per heavy atom. The normalized spacial score (nSPS) is 10.7. The first kappa shape index (κ1) is 24.6. The van der Waals surface area contributed by atoms with Crippen molar-refractivity contribution in [1.82, 2.24) is 20.2 Å². The van der Waals surface area contributed by atoms with Crippen LogP contribution in [0.5, 0.6) is 0 Å². The predicted octanol–water partition coefficient (Wildman–Crippen LogP) is 3.15. The summed E-state index contributed by atoms with van der Waals surface area (Å²) in [5, 5.41) is 6.72. The number of nitrogens with zero attached hydrogens (tertiary/aromatic N) is 3. The Hall–Kier alpha value is -4.57. The standard InChI is InChI=1S/C26H26FN7O2/c1-34(2)24(35)15-31-26(36)19-7-6-18(13-20(19)27)22-9-10-23(33-28)25(32-22)30-14-16-5-8-21-17(12-16)4-3-11-29-21/h3-13,33H,14-15,28H2,1-2H3,(H,30,32)(H,31,36). The first-order chi connectivity index (χ1) is 17.4. The number of fused-ring (bicyclic) bond motifs is 1. The minimum absolute atomic E-state index is 0.158. The van der Waals surface area contributed by atoms with E-state index >= 15 is 0 Å². The van der Waals surface area contributed by atoms with Crippen molar-refractivity contribution in [2.45, 2.75) is 6.54 Å². The van der Waals surface area contributed by atoms with Crippen molar-refractivity contribution in [3.8, 4) is 11.3 Å².